The van der Waals surface area contributed by atoms with Gasteiger partial charge in [0.1, 0.15) is 5.82 Å². The van der Waals surface area contributed by atoms with E-state index in [9.17, 15) is 19.2 Å². The van der Waals surface area contributed by atoms with Crippen LogP contribution in [0, 0.1) is 0 Å². The van der Waals surface area contributed by atoms with Crippen molar-refractivity contribution in [1.29, 1.82) is 0 Å². The van der Waals surface area contributed by atoms with Gasteiger partial charge in [0.15, 0.2) is 12.3 Å². The first kappa shape index (κ1) is 22.5. The molecule has 27 heavy (non-hydrogen) atoms. The zero-order chi connectivity index (χ0) is 20.4. The highest BCUT2D eigenvalue weighted by atomic mass is 16.5. The summed E-state index contributed by atoms with van der Waals surface area (Å²) in [5.41, 5.74) is 4.62. The Kier molecular flexibility index (Phi) is 9.32. The van der Waals surface area contributed by atoms with Crippen LogP contribution >= 0.6 is 0 Å². The van der Waals surface area contributed by atoms with Gasteiger partial charge < -0.3 is 15.4 Å². The topological polar surface area (TPSA) is 127 Å². The van der Waals surface area contributed by atoms with Crippen LogP contribution in [0.2, 0.25) is 0 Å². The smallest absolute Gasteiger partial charge is 0.330 e. The number of H-pyrrole nitrogens is 1. The fourth-order valence-corrected chi connectivity index (χ4v) is 2.57. The summed E-state index contributed by atoms with van der Waals surface area (Å²) < 4.78 is 6.25. The minimum absolute atomic E-state index is 0.0626. The second-order valence-corrected chi connectivity index (χ2v) is 6.31. The van der Waals surface area contributed by atoms with Crippen molar-refractivity contribution in [2.24, 2.45) is 0 Å². The monoisotopic (exact) mass is 382 g/mol. The number of aromatic nitrogens is 2. The second-order valence-electron chi connectivity index (χ2n) is 6.31. The molecule has 0 spiro atoms. The molecule has 1 aromatic heterocycles. The van der Waals surface area contributed by atoms with Gasteiger partial charge in [0.05, 0.1) is 0 Å². The number of carbonyl (C=O) groups excluding carboxylic acids is 2. The van der Waals surface area contributed by atoms with E-state index in [1.165, 1.54) is 9.47 Å². The van der Waals surface area contributed by atoms with Crippen LogP contribution in [0.4, 0.5) is 11.5 Å². The lowest BCUT2D eigenvalue weighted by Crippen LogP contribution is -2.43. The van der Waals surface area contributed by atoms with Crippen LogP contribution in [0.1, 0.15) is 59.3 Å². The van der Waals surface area contributed by atoms with Crippen molar-refractivity contribution in [3.8, 4) is 0 Å². The Bertz CT molecular complexity index is 753. The molecule has 0 bridgehead atoms. The molecule has 0 aliphatic rings. The number of hydrogen-bond donors (Lipinski definition) is 2. The average molecular weight is 382 g/mol. The van der Waals surface area contributed by atoms with E-state index in [-0.39, 0.29) is 24.5 Å². The number of nitrogens with two attached hydrogens (primary N) is 1. The number of nitrogens with zero attached hydrogens (tertiary/aromatic N) is 2. The van der Waals surface area contributed by atoms with E-state index in [1.54, 1.807) is 0 Å². The molecule has 0 aliphatic heterocycles. The molecule has 0 saturated heterocycles. The van der Waals surface area contributed by atoms with Crippen LogP contribution in [0.3, 0.4) is 0 Å². The quantitative estimate of drug-likeness (QED) is 0.557. The molecular weight excluding hydrogens is 352 g/mol. The lowest BCUT2D eigenvalue weighted by atomic mass is 10.2. The fraction of sp³-hybridized carbons (Fsp3) is 0.667. The molecule has 9 heteroatoms. The third-order valence-corrected chi connectivity index (χ3v) is 4.06. The number of hydrogen-bond acceptors (Lipinski definition) is 6. The maximum Gasteiger partial charge on any atom is 0.330 e. The first-order valence-corrected chi connectivity index (χ1v) is 9.45. The van der Waals surface area contributed by atoms with Gasteiger partial charge in [-0.05, 0) is 19.3 Å². The Labute approximate surface area is 158 Å². The molecule has 1 amide bonds. The molecule has 1 rings (SSSR count). The van der Waals surface area contributed by atoms with Crippen molar-refractivity contribution in [3.63, 3.8) is 0 Å². The van der Waals surface area contributed by atoms with Crippen molar-refractivity contribution < 1.29 is 14.3 Å². The zero-order valence-corrected chi connectivity index (χ0v) is 16.4. The molecule has 0 radical (unpaired) electrons. The largest absolute Gasteiger partial charge is 0.456 e. The Morgan fingerprint density at radius 2 is 1.78 bits per heavy atom. The minimum atomic E-state index is -0.730. The first-order chi connectivity index (χ1) is 12.9. The van der Waals surface area contributed by atoms with E-state index in [4.69, 9.17) is 10.5 Å². The van der Waals surface area contributed by atoms with Crippen LogP contribution in [0.25, 0.3) is 0 Å². The summed E-state index contributed by atoms with van der Waals surface area (Å²) in [6.07, 6.45) is 3.81. The van der Waals surface area contributed by atoms with Crippen LogP contribution in [0.5, 0.6) is 0 Å². The molecule has 0 aliphatic carbocycles. The van der Waals surface area contributed by atoms with Crippen molar-refractivity contribution in [2.45, 2.75) is 65.8 Å². The summed E-state index contributed by atoms with van der Waals surface area (Å²) in [4.78, 5) is 52.1. The minimum Gasteiger partial charge on any atom is -0.456 e. The number of unbranched alkanes of at least 4 members (excludes halogenated alkanes) is 2. The average Bonchev–Trinajstić information content (AvgIpc) is 2.63. The van der Waals surface area contributed by atoms with Crippen molar-refractivity contribution >= 4 is 23.4 Å². The van der Waals surface area contributed by atoms with Gasteiger partial charge in [-0.25, -0.2) is 4.79 Å². The number of carbonyl (C=O) groups is 2. The molecule has 0 saturated carbocycles. The van der Waals surface area contributed by atoms with E-state index in [0.717, 1.165) is 12.8 Å². The van der Waals surface area contributed by atoms with Gasteiger partial charge in [0.2, 0.25) is 0 Å². The number of anilines is 2. The zero-order valence-electron chi connectivity index (χ0n) is 16.4. The summed E-state index contributed by atoms with van der Waals surface area (Å²) in [6, 6.07) is 0. The lowest BCUT2D eigenvalue weighted by Gasteiger charge is -2.24. The van der Waals surface area contributed by atoms with Gasteiger partial charge in [0.25, 0.3) is 11.5 Å². The molecule has 0 aromatic carbocycles. The molecule has 152 valence electrons. The first-order valence-electron chi connectivity index (χ1n) is 9.45. The third-order valence-electron chi connectivity index (χ3n) is 4.06. The van der Waals surface area contributed by atoms with Gasteiger partial charge in [-0.3, -0.25) is 23.9 Å². The van der Waals surface area contributed by atoms with E-state index in [2.05, 4.69) is 4.98 Å². The SMILES string of the molecule is CCCCC(=O)OCC(=O)N(CCCC)c1c(N)n(CCC)c(=O)[nH]c1=O. The van der Waals surface area contributed by atoms with Gasteiger partial charge in [0, 0.05) is 19.5 Å². The normalized spacial score (nSPS) is 10.6. The molecule has 3 N–H and O–H groups in total. The van der Waals surface area contributed by atoms with Gasteiger partial charge >= 0.3 is 11.7 Å². The lowest BCUT2D eigenvalue weighted by molar-refractivity contribution is -0.147. The van der Waals surface area contributed by atoms with E-state index in [0.29, 0.717) is 25.8 Å². The number of rotatable bonds is 11. The summed E-state index contributed by atoms with van der Waals surface area (Å²) in [7, 11) is 0. The van der Waals surface area contributed by atoms with E-state index >= 15 is 0 Å². The maximum atomic E-state index is 12.6. The van der Waals surface area contributed by atoms with Gasteiger partial charge in [-0.1, -0.05) is 33.6 Å². The van der Waals surface area contributed by atoms with Gasteiger partial charge in [-0.15, -0.1) is 0 Å². The highest BCUT2D eigenvalue weighted by molar-refractivity contribution is 5.97. The van der Waals surface area contributed by atoms with E-state index in [1.807, 2.05) is 20.8 Å². The third kappa shape index (κ3) is 6.26. The number of amides is 1. The highest BCUT2D eigenvalue weighted by Gasteiger charge is 2.24. The second kappa shape index (κ2) is 11.2. The number of esters is 1. The molecular formula is C18H30N4O5. The molecule has 0 fully saturated rings. The Morgan fingerprint density at radius 1 is 1.11 bits per heavy atom. The highest BCUT2D eigenvalue weighted by Crippen LogP contribution is 2.18. The molecule has 9 nitrogen and oxygen atoms in total. The summed E-state index contributed by atoms with van der Waals surface area (Å²) >= 11 is 0. The van der Waals surface area contributed by atoms with E-state index < -0.39 is 29.7 Å². The Hall–Kier alpha value is -2.58. The number of nitrogens with one attached hydrogen (secondary N) is 1. The van der Waals surface area contributed by atoms with Gasteiger partial charge in [-0.2, -0.15) is 0 Å². The van der Waals surface area contributed by atoms with Crippen molar-refractivity contribution in [2.75, 3.05) is 23.8 Å². The molecule has 0 unspecified atom stereocenters. The molecule has 1 aromatic rings. The molecule has 1 heterocycles. The summed E-state index contributed by atoms with van der Waals surface area (Å²) in [6.45, 7) is 5.84. The van der Waals surface area contributed by atoms with Crippen molar-refractivity contribution in [1.82, 2.24) is 9.55 Å². The number of ether oxygens (including phenoxy) is 1. The number of aromatic amines is 1. The predicted molar refractivity (Wildman–Crippen MR) is 104 cm³/mol. The Balaban J connectivity index is 3.14. The fourth-order valence-electron chi connectivity index (χ4n) is 2.57. The van der Waals surface area contributed by atoms with Crippen LogP contribution in [0.15, 0.2) is 9.59 Å². The number of nitrogen functional groups attached to an aromatic ring is 1. The van der Waals surface area contributed by atoms with Crippen LogP contribution in [-0.2, 0) is 20.9 Å². The standard InChI is InChI=1S/C18H30N4O5/c1-4-7-9-14(24)27-12-13(23)21(11-8-5-2)15-16(19)22(10-6-3)18(26)20-17(15)25/h4-12,19H2,1-3H3,(H,20,25,26). The summed E-state index contributed by atoms with van der Waals surface area (Å²) in [5.74, 6) is -1.07. The van der Waals surface area contributed by atoms with Crippen LogP contribution < -0.4 is 21.9 Å². The van der Waals surface area contributed by atoms with Crippen LogP contribution in [-0.4, -0.2) is 34.6 Å². The van der Waals surface area contributed by atoms with Crippen molar-refractivity contribution in [3.05, 3.63) is 20.8 Å². The summed E-state index contributed by atoms with van der Waals surface area (Å²) in [5, 5.41) is 0. The predicted octanol–water partition coefficient (Wildman–Crippen LogP) is 1.40. The Morgan fingerprint density at radius 3 is 2.37 bits per heavy atom. The maximum absolute atomic E-state index is 12.6. The molecule has 0 atom stereocenters.